The highest BCUT2D eigenvalue weighted by Gasteiger charge is 2.20. The van der Waals surface area contributed by atoms with Crippen LogP contribution in [0.1, 0.15) is 30.9 Å². The number of nitrogens with one attached hydrogen (secondary N) is 2. The molecule has 0 unspecified atom stereocenters. The van der Waals surface area contributed by atoms with Crippen molar-refractivity contribution in [1.29, 1.82) is 0 Å². The zero-order valence-corrected chi connectivity index (χ0v) is 17.4. The minimum atomic E-state index is -0.681. The van der Waals surface area contributed by atoms with E-state index >= 15 is 0 Å². The second-order valence-corrected chi connectivity index (χ2v) is 6.83. The number of ether oxygens (including phenoxy) is 4. The van der Waals surface area contributed by atoms with Crippen LogP contribution in [0.15, 0.2) is 48.6 Å². The molecule has 0 radical (unpaired) electrons. The molecular weight excluding hydrogens is 420 g/mol. The molecule has 0 aliphatic carbocycles. The van der Waals surface area contributed by atoms with Gasteiger partial charge in [0.1, 0.15) is 6.10 Å². The molecule has 0 saturated heterocycles. The number of benzene rings is 2. The van der Waals surface area contributed by atoms with Gasteiger partial charge in [-0.25, -0.2) is 10.3 Å². The molecule has 0 saturated carbocycles. The maximum atomic E-state index is 12.5. The van der Waals surface area contributed by atoms with E-state index in [9.17, 15) is 14.7 Å². The average Bonchev–Trinajstić information content (AvgIpc) is 3.25. The van der Waals surface area contributed by atoms with E-state index < -0.39 is 18.1 Å². The van der Waals surface area contributed by atoms with E-state index in [0.717, 1.165) is 0 Å². The van der Waals surface area contributed by atoms with Crippen LogP contribution in [0.2, 0.25) is 0 Å². The summed E-state index contributed by atoms with van der Waals surface area (Å²) in [7, 11) is 1.44. The van der Waals surface area contributed by atoms with Crippen LogP contribution < -0.4 is 25.0 Å². The highest BCUT2D eigenvalue weighted by molar-refractivity contribution is 5.86. The number of phenols is 1. The molecule has 10 heteroatoms. The normalized spacial score (nSPS) is 12.9. The minimum Gasteiger partial charge on any atom is -0.504 e. The van der Waals surface area contributed by atoms with Crippen LogP contribution in [-0.4, -0.2) is 36.2 Å². The Hall–Kier alpha value is -3.92. The lowest BCUT2D eigenvalue weighted by molar-refractivity contribution is -0.124. The first kappa shape index (κ1) is 22.8. The Morgan fingerprint density at radius 2 is 2.00 bits per heavy atom. The van der Waals surface area contributed by atoms with Crippen LogP contribution in [0, 0.1) is 0 Å². The number of anilines is 1. The van der Waals surface area contributed by atoms with Crippen LogP contribution in [0.5, 0.6) is 23.0 Å². The van der Waals surface area contributed by atoms with Gasteiger partial charge < -0.3 is 24.1 Å². The Kier molecular flexibility index (Phi) is 7.76. The van der Waals surface area contributed by atoms with Gasteiger partial charge in [0.25, 0.3) is 5.91 Å². The summed E-state index contributed by atoms with van der Waals surface area (Å²) < 4.78 is 21.2. The van der Waals surface area contributed by atoms with Gasteiger partial charge in [0.15, 0.2) is 23.0 Å². The summed E-state index contributed by atoms with van der Waals surface area (Å²) >= 11 is 0. The highest BCUT2D eigenvalue weighted by atomic mass is 16.7. The number of phenolic OH excluding ortho intramolecular Hbond substituents is 1. The molecular formula is C22H24N2O8. The Balaban J connectivity index is 1.66. The molecule has 0 spiro atoms. The number of carbonyl (C=O) groups excluding carboxylic acids is 2. The second kappa shape index (κ2) is 10.9. The van der Waals surface area contributed by atoms with Crippen molar-refractivity contribution in [2.75, 3.05) is 19.2 Å². The van der Waals surface area contributed by atoms with Crippen molar-refractivity contribution in [2.24, 2.45) is 0 Å². The van der Waals surface area contributed by atoms with Gasteiger partial charge in [-0.2, -0.15) is 0 Å². The Labute approximate surface area is 184 Å². The van der Waals surface area contributed by atoms with Crippen LogP contribution in [0.3, 0.4) is 0 Å². The van der Waals surface area contributed by atoms with E-state index in [1.165, 1.54) is 24.7 Å². The molecule has 2 aromatic rings. The van der Waals surface area contributed by atoms with Gasteiger partial charge in [0.2, 0.25) is 6.79 Å². The maximum Gasteiger partial charge on any atom is 0.412 e. The number of rotatable bonds is 9. The number of allylic oxidation sites excluding steroid dienone is 1. The number of hydroxylamine groups is 1. The van der Waals surface area contributed by atoms with Crippen molar-refractivity contribution in [3.8, 4) is 23.0 Å². The molecule has 2 amide bonds. The molecule has 0 aromatic heterocycles. The van der Waals surface area contributed by atoms with Crippen molar-refractivity contribution in [2.45, 2.75) is 25.4 Å². The summed E-state index contributed by atoms with van der Waals surface area (Å²) in [6, 6.07) is 9.75. The van der Waals surface area contributed by atoms with Crippen LogP contribution in [0.25, 0.3) is 0 Å². The van der Waals surface area contributed by atoms with Crippen molar-refractivity contribution in [3.05, 3.63) is 54.1 Å². The number of unbranched alkanes of at least 4 members (excludes halogenated alkanes) is 1. The summed E-state index contributed by atoms with van der Waals surface area (Å²) in [5, 5.41) is 21.3. The standard InChI is InChI=1S/C22H24N2O8/c1-29-18-9-7-14(11-16(18)25)17(5-3-2-4-6-21(26)24-28)32-22(27)23-15-8-10-19-20(12-15)31-13-30-19/h4,6-12,17,25,28H,2-3,5,13H2,1H3,(H,23,27)(H,24,26)/b6-4+/t17-/m1/s1. The molecule has 32 heavy (non-hydrogen) atoms. The van der Waals surface area contributed by atoms with E-state index in [0.29, 0.717) is 47.8 Å². The van der Waals surface area contributed by atoms with Gasteiger partial charge in [0, 0.05) is 17.8 Å². The fraction of sp³-hybridized carbons (Fsp3) is 0.273. The number of aromatic hydroxyl groups is 1. The molecule has 0 fully saturated rings. The maximum absolute atomic E-state index is 12.5. The topological polar surface area (TPSA) is 136 Å². The predicted octanol–water partition coefficient (Wildman–Crippen LogP) is 3.65. The molecule has 3 rings (SSSR count). The zero-order valence-electron chi connectivity index (χ0n) is 17.4. The van der Waals surface area contributed by atoms with Gasteiger partial charge in [-0.15, -0.1) is 0 Å². The number of amides is 2. The van der Waals surface area contributed by atoms with Gasteiger partial charge in [-0.1, -0.05) is 12.1 Å². The third kappa shape index (κ3) is 6.05. The van der Waals surface area contributed by atoms with E-state index in [2.05, 4.69) is 5.32 Å². The van der Waals surface area contributed by atoms with E-state index in [1.807, 2.05) is 0 Å². The Morgan fingerprint density at radius 3 is 2.75 bits per heavy atom. The third-order valence-corrected chi connectivity index (χ3v) is 4.66. The number of fused-ring (bicyclic) bond motifs is 1. The van der Waals surface area contributed by atoms with Crippen molar-refractivity contribution in [1.82, 2.24) is 5.48 Å². The SMILES string of the molecule is COc1ccc([C@@H](CCC/C=C/C(=O)NO)OC(=O)Nc2ccc3c(c2)OCO3)cc1O. The molecule has 0 bridgehead atoms. The number of carbonyl (C=O) groups is 2. The first-order valence-corrected chi connectivity index (χ1v) is 9.85. The summed E-state index contributed by atoms with van der Waals surface area (Å²) in [6.07, 6.45) is 2.97. The zero-order chi connectivity index (χ0) is 22.9. The molecule has 4 N–H and O–H groups in total. The van der Waals surface area contributed by atoms with E-state index in [1.54, 1.807) is 36.4 Å². The van der Waals surface area contributed by atoms with Gasteiger partial charge in [-0.3, -0.25) is 15.3 Å². The van der Waals surface area contributed by atoms with Crippen LogP contribution in [0.4, 0.5) is 10.5 Å². The molecule has 1 aliphatic heterocycles. The largest absolute Gasteiger partial charge is 0.504 e. The van der Waals surface area contributed by atoms with Gasteiger partial charge in [-0.05, 0) is 49.1 Å². The minimum absolute atomic E-state index is 0.0747. The quantitative estimate of drug-likeness (QED) is 0.199. The number of hydrogen-bond acceptors (Lipinski definition) is 8. The van der Waals surface area contributed by atoms with Crippen molar-refractivity contribution in [3.63, 3.8) is 0 Å². The fourth-order valence-electron chi connectivity index (χ4n) is 3.10. The lowest BCUT2D eigenvalue weighted by atomic mass is 10.0. The Bertz CT molecular complexity index is 992. The molecule has 170 valence electrons. The smallest absolute Gasteiger partial charge is 0.412 e. The number of methoxy groups -OCH3 is 1. The Morgan fingerprint density at radius 1 is 1.19 bits per heavy atom. The molecule has 1 aliphatic rings. The molecule has 2 aromatic carbocycles. The average molecular weight is 444 g/mol. The fourth-order valence-corrected chi connectivity index (χ4v) is 3.10. The van der Waals surface area contributed by atoms with Crippen LogP contribution in [-0.2, 0) is 9.53 Å². The highest BCUT2D eigenvalue weighted by Crippen LogP contribution is 2.35. The second-order valence-electron chi connectivity index (χ2n) is 6.83. The third-order valence-electron chi connectivity index (χ3n) is 4.66. The first-order chi connectivity index (χ1) is 15.5. The van der Waals surface area contributed by atoms with Crippen molar-refractivity contribution >= 4 is 17.7 Å². The van der Waals surface area contributed by atoms with Crippen molar-refractivity contribution < 1.29 is 38.9 Å². The first-order valence-electron chi connectivity index (χ1n) is 9.85. The lowest BCUT2D eigenvalue weighted by Gasteiger charge is -2.19. The van der Waals surface area contributed by atoms with E-state index in [-0.39, 0.29) is 12.5 Å². The summed E-state index contributed by atoms with van der Waals surface area (Å²) in [4.78, 5) is 23.6. The summed E-state index contributed by atoms with van der Waals surface area (Å²) in [5.41, 5.74) is 2.58. The summed E-state index contributed by atoms with van der Waals surface area (Å²) in [6.45, 7) is 0.126. The molecule has 10 nitrogen and oxygen atoms in total. The van der Waals surface area contributed by atoms with Crippen LogP contribution >= 0.6 is 0 Å². The molecule has 1 heterocycles. The van der Waals surface area contributed by atoms with E-state index in [4.69, 9.17) is 24.2 Å². The predicted molar refractivity (Wildman–Crippen MR) is 113 cm³/mol. The monoisotopic (exact) mass is 444 g/mol. The van der Waals surface area contributed by atoms with Gasteiger partial charge >= 0.3 is 6.09 Å². The lowest BCUT2D eigenvalue weighted by Crippen LogP contribution is -2.17. The number of hydrogen-bond donors (Lipinski definition) is 4. The summed E-state index contributed by atoms with van der Waals surface area (Å²) in [5.74, 6) is 0.724. The van der Waals surface area contributed by atoms with Gasteiger partial charge in [0.05, 0.1) is 7.11 Å². The molecule has 1 atom stereocenters.